The van der Waals surface area contributed by atoms with Crippen molar-refractivity contribution in [1.29, 1.82) is 0 Å². The molecular formula is C25H27N3O2S. The van der Waals surface area contributed by atoms with E-state index in [1.54, 1.807) is 4.90 Å². The lowest BCUT2D eigenvalue weighted by Crippen LogP contribution is -2.50. The lowest BCUT2D eigenvalue weighted by atomic mass is 10.0. The van der Waals surface area contributed by atoms with Gasteiger partial charge < -0.3 is 9.80 Å². The summed E-state index contributed by atoms with van der Waals surface area (Å²) in [5.41, 5.74) is 4.62. The number of amides is 2. The van der Waals surface area contributed by atoms with E-state index in [1.807, 2.05) is 65.7 Å². The molecule has 3 aromatic rings. The minimum absolute atomic E-state index is 0.0257. The Morgan fingerprint density at radius 1 is 0.871 bits per heavy atom. The van der Waals surface area contributed by atoms with Gasteiger partial charge in [-0.15, -0.1) is 11.3 Å². The van der Waals surface area contributed by atoms with Crippen LogP contribution in [0.25, 0.3) is 10.6 Å². The fraction of sp³-hybridized carbons (Fsp3) is 0.320. The van der Waals surface area contributed by atoms with Gasteiger partial charge in [0.05, 0.1) is 0 Å². The zero-order valence-electron chi connectivity index (χ0n) is 18.2. The molecule has 1 aromatic heterocycles. The third-order valence-corrected chi connectivity index (χ3v) is 6.59. The van der Waals surface area contributed by atoms with Crippen molar-refractivity contribution >= 4 is 23.2 Å². The first kappa shape index (κ1) is 21.2. The van der Waals surface area contributed by atoms with Crippen molar-refractivity contribution in [2.45, 2.75) is 26.7 Å². The van der Waals surface area contributed by atoms with Crippen LogP contribution in [0, 0.1) is 6.92 Å². The minimum atomic E-state index is -0.0667. The molecule has 160 valence electrons. The van der Waals surface area contributed by atoms with E-state index >= 15 is 0 Å². The van der Waals surface area contributed by atoms with Crippen LogP contribution >= 0.6 is 11.3 Å². The third kappa shape index (κ3) is 4.69. The fourth-order valence-electron chi connectivity index (χ4n) is 3.67. The Balaban J connectivity index is 1.36. The number of carbonyl (C=O) groups excluding carboxylic acids is 2. The molecule has 0 bridgehead atoms. The van der Waals surface area contributed by atoms with Crippen LogP contribution in [0.4, 0.5) is 0 Å². The topological polar surface area (TPSA) is 53.5 Å². The Bertz CT molecular complexity index is 1060. The molecule has 2 heterocycles. The van der Waals surface area contributed by atoms with E-state index in [1.165, 1.54) is 22.5 Å². The third-order valence-electron chi connectivity index (χ3n) is 5.70. The van der Waals surface area contributed by atoms with Crippen LogP contribution in [0.3, 0.4) is 0 Å². The molecule has 0 N–H and O–H groups in total. The molecule has 1 fully saturated rings. The van der Waals surface area contributed by atoms with E-state index in [2.05, 4.69) is 18.8 Å². The second-order valence-corrected chi connectivity index (χ2v) is 9.12. The van der Waals surface area contributed by atoms with Crippen LogP contribution in [0.5, 0.6) is 0 Å². The largest absolute Gasteiger partial charge is 0.335 e. The molecule has 0 atom stereocenters. The standard InChI is InChI=1S/C25H27N3O2S/c1-17(2)19-8-10-21(11-9-19)24(29)27-12-14-28(15-13-27)25(30)22-16-31-23(26-22)20-6-4-18(3)5-7-20/h4-11,16-17H,12-15H2,1-3H3. The van der Waals surface area contributed by atoms with E-state index in [4.69, 9.17) is 0 Å². The van der Waals surface area contributed by atoms with Crippen LogP contribution in [-0.2, 0) is 0 Å². The average molecular weight is 434 g/mol. The predicted molar refractivity (Wildman–Crippen MR) is 125 cm³/mol. The highest BCUT2D eigenvalue weighted by Crippen LogP contribution is 2.25. The van der Waals surface area contributed by atoms with Gasteiger partial charge in [0.15, 0.2) is 0 Å². The quantitative estimate of drug-likeness (QED) is 0.592. The Morgan fingerprint density at radius 2 is 1.45 bits per heavy atom. The Morgan fingerprint density at radius 3 is 2.03 bits per heavy atom. The molecule has 0 unspecified atom stereocenters. The molecule has 6 heteroatoms. The highest BCUT2D eigenvalue weighted by Gasteiger charge is 2.26. The van der Waals surface area contributed by atoms with E-state index in [9.17, 15) is 9.59 Å². The van der Waals surface area contributed by atoms with Crippen LogP contribution in [0.2, 0.25) is 0 Å². The number of hydrogen-bond acceptors (Lipinski definition) is 4. The van der Waals surface area contributed by atoms with Crippen molar-refractivity contribution in [1.82, 2.24) is 14.8 Å². The fourth-order valence-corrected chi connectivity index (χ4v) is 4.47. The molecule has 1 aliphatic rings. The maximum Gasteiger partial charge on any atom is 0.273 e. The van der Waals surface area contributed by atoms with Gasteiger partial charge >= 0.3 is 0 Å². The zero-order chi connectivity index (χ0) is 22.0. The van der Waals surface area contributed by atoms with Crippen molar-refractivity contribution in [3.63, 3.8) is 0 Å². The number of carbonyl (C=O) groups is 2. The summed E-state index contributed by atoms with van der Waals surface area (Å²) in [5, 5.41) is 2.67. The maximum absolute atomic E-state index is 12.9. The van der Waals surface area contributed by atoms with Crippen LogP contribution in [0.15, 0.2) is 53.9 Å². The zero-order valence-corrected chi connectivity index (χ0v) is 19.0. The number of thiazole rings is 1. The number of rotatable bonds is 4. The monoisotopic (exact) mass is 433 g/mol. The second kappa shape index (κ2) is 9.02. The summed E-state index contributed by atoms with van der Waals surface area (Å²) in [5.74, 6) is 0.400. The molecule has 2 aromatic carbocycles. The molecule has 0 aliphatic carbocycles. The number of piperazine rings is 1. The normalized spacial score (nSPS) is 14.2. The Labute approximate surface area is 187 Å². The van der Waals surface area contributed by atoms with Crippen molar-refractivity contribution in [3.05, 3.63) is 76.3 Å². The first-order valence-corrected chi connectivity index (χ1v) is 11.5. The van der Waals surface area contributed by atoms with Gasteiger partial charge in [0.25, 0.3) is 11.8 Å². The maximum atomic E-state index is 12.9. The van der Waals surface area contributed by atoms with Gasteiger partial charge in [0, 0.05) is 42.7 Å². The number of aromatic nitrogens is 1. The SMILES string of the molecule is Cc1ccc(-c2nc(C(=O)N3CCN(C(=O)c4ccc(C(C)C)cc4)CC3)cs2)cc1. The summed E-state index contributed by atoms with van der Waals surface area (Å²) in [6.07, 6.45) is 0. The number of aryl methyl sites for hydroxylation is 1. The summed E-state index contributed by atoms with van der Waals surface area (Å²) >= 11 is 1.48. The van der Waals surface area contributed by atoms with Crippen molar-refractivity contribution < 1.29 is 9.59 Å². The Hall–Kier alpha value is -2.99. The molecule has 0 radical (unpaired) electrons. The van der Waals surface area contributed by atoms with Gasteiger partial charge in [-0.2, -0.15) is 0 Å². The van der Waals surface area contributed by atoms with E-state index < -0.39 is 0 Å². The number of hydrogen-bond donors (Lipinski definition) is 0. The van der Waals surface area contributed by atoms with Gasteiger partial charge in [-0.25, -0.2) is 4.98 Å². The first-order valence-electron chi connectivity index (χ1n) is 10.6. The average Bonchev–Trinajstić information content (AvgIpc) is 3.29. The minimum Gasteiger partial charge on any atom is -0.335 e. The second-order valence-electron chi connectivity index (χ2n) is 8.27. The van der Waals surface area contributed by atoms with E-state index in [0.717, 1.165) is 10.6 Å². The number of nitrogens with zero attached hydrogens (tertiary/aromatic N) is 3. The van der Waals surface area contributed by atoms with Crippen molar-refractivity contribution in [2.75, 3.05) is 26.2 Å². The van der Waals surface area contributed by atoms with E-state index in [0.29, 0.717) is 43.4 Å². The van der Waals surface area contributed by atoms with Gasteiger partial charge in [0.2, 0.25) is 0 Å². The van der Waals surface area contributed by atoms with E-state index in [-0.39, 0.29) is 11.8 Å². The highest BCUT2D eigenvalue weighted by atomic mass is 32.1. The molecule has 5 nitrogen and oxygen atoms in total. The van der Waals surface area contributed by atoms with Crippen molar-refractivity contribution in [2.24, 2.45) is 0 Å². The lowest BCUT2D eigenvalue weighted by Gasteiger charge is -2.34. The molecule has 31 heavy (non-hydrogen) atoms. The van der Waals surface area contributed by atoms with Crippen LogP contribution in [0.1, 0.15) is 51.7 Å². The first-order chi connectivity index (χ1) is 14.9. The summed E-state index contributed by atoms with van der Waals surface area (Å²) in [4.78, 5) is 33.9. The molecule has 2 amide bonds. The van der Waals surface area contributed by atoms with Gasteiger partial charge in [-0.3, -0.25) is 9.59 Å². The van der Waals surface area contributed by atoms with Gasteiger partial charge in [-0.1, -0.05) is 55.8 Å². The van der Waals surface area contributed by atoms with Gasteiger partial charge in [-0.05, 0) is 30.5 Å². The Kier molecular flexibility index (Phi) is 6.18. The molecule has 4 rings (SSSR count). The van der Waals surface area contributed by atoms with Crippen LogP contribution < -0.4 is 0 Å². The molecule has 1 aliphatic heterocycles. The summed E-state index contributed by atoms with van der Waals surface area (Å²) in [6.45, 7) is 8.43. The molecule has 1 saturated heterocycles. The summed E-state index contributed by atoms with van der Waals surface area (Å²) < 4.78 is 0. The molecular weight excluding hydrogens is 406 g/mol. The van der Waals surface area contributed by atoms with Crippen molar-refractivity contribution in [3.8, 4) is 10.6 Å². The lowest BCUT2D eigenvalue weighted by molar-refractivity contribution is 0.0533. The summed E-state index contributed by atoms with van der Waals surface area (Å²) in [7, 11) is 0. The smallest absolute Gasteiger partial charge is 0.273 e. The predicted octanol–water partition coefficient (Wildman–Crippen LogP) is 4.84. The summed E-state index contributed by atoms with van der Waals surface area (Å²) in [6, 6.07) is 16.0. The van der Waals surface area contributed by atoms with Gasteiger partial charge in [0.1, 0.15) is 10.7 Å². The molecule has 0 saturated carbocycles. The highest BCUT2D eigenvalue weighted by molar-refractivity contribution is 7.13. The number of benzene rings is 2. The van der Waals surface area contributed by atoms with Crippen LogP contribution in [-0.4, -0.2) is 52.8 Å². The molecule has 0 spiro atoms.